The molecule has 1 aliphatic rings. The molecule has 5 N–H and O–H groups in total. The number of esters is 2. The largest absolute Gasteiger partial charge is 0.497 e. The molecule has 0 saturated carbocycles. The minimum absolute atomic E-state index is 0.0356. The third kappa shape index (κ3) is 8.32. The lowest BCUT2D eigenvalue weighted by Crippen LogP contribution is -2.64. The zero-order valence-electron chi connectivity index (χ0n) is 21.8. The van der Waals surface area contributed by atoms with Crippen molar-refractivity contribution in [2.24, 2.45) is 0 Å². The van der Waals surface area contributed by atoms with Crippen LogP contribution in [0.25, 0.3) is 0 Å². The smallest absolute Gasteiger partial charge is 0.459 e. The van der Waals surface area contributed by atoms with Crippen LogP contribution < -0.4 is 19.7 Å². The summed E-state index contributed by atoms with van der Waals surface area (Å²) in [6.07, 6.45) is -6.50. The third-order valence-electron chi connectivity index (χ3n) is 5.69. The van der Waals surface area contributed by atoms with Crippen LogP contribution in [0.5, 0.6) is 11.5 Å². The molecule has 3 rings (SSSR count). The third-order valence-corrected chi connectivity index (χ3v) is 7.34. The van der Waals surface area contributed by atoms with Crippen molar-refractivity contribution in [2.75, 3.05) is 13.7 Å². The molecule has 1 saturated heterocycles. The fraction of sp³-hybridized carbons (Fsp3) is 0.400. The second kappa shape index (κ2) is 13.8. The summed E-state index contributed by atoms with van der Waals surface area (Å²) in [4.78, 5) is 36.2. The average Bonchev–Trinajstić information content (AvgIpc) is 2.93. The number of ether oxygens (including phenoxy) is 3. The Balaban J connectivity index is 1.73. The van der Waals surface area contributed by atoms with E-state index in [4.69, 9.17) is 23.3 Å². The molecule has 1 fully saturated rings. The van der Waals surface area contributed by atoms with E-state index in [1.54, 1.807) is 18.2 Å². The van der Waals surface area contributed by atoms with Crippen molar-refractivity contribution >= 4 is 25.6 Å². The first-order chi connectivity index (χ1) is 18.9. The number of carbonyl (C=O) groups is 3. The maximum atomic E-state index is 13.7. The predicted octanol–water partition coefficient (Wildman–Crippen LogP) is 0.504. The fourth-order valence-electron chi connectivity index (χ4n) is 3.61. The van der Waals surface area contributed by atoms with Gasteiger partial charge in [-0.1, -0.05) is 18.2 Å². The zero-order valence-corrected chi connectivity index (χ0v) is 22.7. The lowest BCUT2D eigenvalue weighted by atomic mass is 9.97. The first-order valence-corrected chi connectivity index (χ1v) is 13.6. The first kappa shape index (κ1) is 31.2. The second-order valence-corrected chi connectivity index (χ2v) is 10.5. The van der Waals surface area contributed by atoms with E-state index in [0.717, 1.165) is 6.92 Å². The van der Waals surface area contributed by atoms with Gasteiger partial charge in [0.1, 0.15) is 41.9 Å². The molecule has 3 unspecified atom stereocenters. The van der Waals surface area contributed by atoms with Crippen molar-refractivity contribution in [1.82, 2.24) is 10.4 Å². The van der Waals surface area contributed by atoms with E-state index in [1.165, 1.54) is 50.4 Å². The van der Waals surface area contributed by atoms with Crippen molar-refractivity contribution in [1.29, 1.82) is 0 Å². The molecule has 0 bridgehead atoms. The highest BCUT2D eigenvalue weighted by Gasteiger charge is 2.45. The summed E-state index contributed by atoms with van der Waals surface area (Å²) >= 11 is 0. The molecule has 1 amide bonds. The number of benzene rings is 2. The average molecular weight is 582 g/mol. The normalized spacial score (nSPS) is 24.7. The number of methoxy groups -OCH3 is 1. The van der Waals surface area contributed by atoms with Crippen LogP contribution in [0.4, 0.5) is 0 Å². The Hall–Kier alpha value is -3.36. The Kier molecular flexibility index (Phi) is 10.8. The van der Waals surface area contributed by atoms with Gasteiger partial charge in [0.25, 0.3) is 0 Å². The van der Waals surface area contributed by atoms with Crippen LogP contribution in [-0.2, 0) is 28.2 Å². The van der Waals surface area contributed by atoms with Gasteiger partial charge >= 0.3 is 19.7 Å². The van der Waals surface area contributed by atoms with Crippen molar-refractivity contribution in [3.63, 3.8) is 0 Å². The number of rotatable bonds is 11. The lowest BCUT2D eigenvalue weighted by molar-refractivity contribution is -0.252. The van der Waals surface area contributed by atoms with E-state index in [9.17, 15) is 34.3 Å². The molecule has 1 heterocycles. The molecule has 7 atom stereocenters. The van der Waals surface area contributed by atoms with Crippen molar-refractivity contribution in [2.45, 2.75) is 50.5 Å². The van der Waals surface area contributed by atoms with E-state index < -0.39 is 68.9 Å². The topological polar surface area (TPSA) is 199 Å². The van der Waals surface area contributed by atoms with E-state index in [1.807, 2.05) is 0 Å². The molecule has 0 aliphatic carbocycles. The lowest BCUT2D eigenvalue weighted by Gasteiger charge is -2.40. The summed E-state index contributed by atoms with van der Waals surface area (Å²) in [5.41, 5.74) is 0.120. The van der Waals surface area contributed by atoms with Gasteiger partial charge in [-0.25, -0.2) is 14.2 Å². The SMILES string of the molecule is COc1ccc(OP(=O)(N[C@@H](C)C(=O)OC(=O)c2ccccc2)OCC2OC(O)[C@H](NC(C)=O)[C@@H](O)[C@H]2O)cc1. The number of amides is 1. The van der Waals surface area contributed by atoms with Crippen LogP contribution in [0.3, 0.4) is 0 Å². The maximum Gasteiger partial charge on any atom is 0.459 e. The molecular formula is C25H31N2O12P. The molecule has 218 valence electrons. The molecule has 2 aromatic rings. The van der Waals surface area contributed by atoms with Crippen LogP contribution in [-0.4, -0.2) is 83.6 Å². The quantitative estimate of drug-likeness (QED) is 0.140. The molecule has 15 heteroatoms. The van der Waals surface area contributed by atoms with Crippen LogP contribution >= 0.6 is 7.75 Å². The minimum atomic E-state index is -4.49. The second-order valence-electron chi connectivity index (χ2n) is 8.76. The summed E-state index contributed by atoms with van der Waals surface area (Å²) in [5.74, 6) is -2.09. The van der Waals surface area contributed by atoms with Crippen LogP contribution in [0, 0.1) is 0 Å². The zero-order chi connectivity index (χ0) is 29.4. The molecule has 0 radical (unpaired) electrons. The number of hydrogen-bond acceptors (Lipinski definition) is 12. The molecule has 14 nitrogen and oxygen atoms in total. The van der Waals surface area contributed by atoms with Gasteiger partial charge in [-0.3, -0.25) is 9.32 Å². The van der Waals surface area contributed by atoms with E-state index in [2.05, 4.69) is 10.4 Å². The van der Waals surface area contributed by atoms with Gasteiger partial charge in [-0.2, -0.15) is 5.09 Å². The highest BCUT2D eigenvalue weighted by molar-refractivity contribution is 7.52. The number of carbonyl (C=O) groups excluding carboxylic acids is 3. The Morgan fingerprint density at radius 3 is 2.23 bits per heavy atom. The predicted molar refractivity (Wildman–Crippen MR) is 137 cm³/mol. The number of hydrogen-bond donors (Lipinski definition) is 5. The first-order valence-electron chi connectivity index (χ1n) is 12.1. The molecule has 0 aromatic heterocycles. The van der Waals surface area contributed by atoms with Gasteiger partial charge in [0.2, 0.25) is 5.91 Å². The van der Waals surface area contributed by atoms with Crippen LogP contribution in [0.2, 0.25) is 0 Å². The summed E-state index contributed by atoms with van der Waals surface area (Å²) in [6.45, 7) is 1.71. The summed E-state index contributed by atoms with van der Waals surface area (Å²) in [5, 5.41) is 35.7. The van der Waals surface area contributed by atoms with Gasteiger partial charge in [0.15, 0.2) is 6.29 Å². The van der Waals surface area contributed by atoms with E-state index >= 15 is 0 Å². The van der Waals surface area contributed by atoms with E-state index in [-0.39, 0.29) is 11.3 Å². The van der Waals surface area contributed by atoms with Crippen LogP contribution in [0.1, 0.15) is 24.2 Å². The number of nitrogens with one attached hydrogen (secondary N) is 2. The van der Waals surface area contributed by atoms with Gasteiger partial charge in [-0.15, -0.1) is 0 Å². The Morgan fingerprint density at radius 1 is 1.00 bits per heavy atom. The molecular weight excluding hydrogens is 551 g/mol. The maximum absolute atomic E-state index is 13.7. The fourth-order valence-corrected chi connectivity index (χ4v) is 5.12. The highest BCUT2D eigenvalue weighted by atomic mass is 31.2. The summed E-state index contributed by atoms with van der Waals surface area (Å²) in [6, 6.07) is 10.9. The van der Waals surface area contributed by atoms with Crippen LogP contribution in [0.15, 0.2) is 54.6 Å². The van der Waals surface area contributed by atoms with Crippen molar-refractivity contribution in [3.8, 4) is 11.5 Å². The van der Waals surface area contributed by atoms with Crippen molar-refractivity contribution < 1.29 is 57.5 Å². The van der Waals surface area contributed by atoms with E-state index in [0.29, 0.717) is 5.75 Å². The molecule has 2 aromatic carbocycles. The van der Waals surface area contributed by atoms with Gasteiger partial charge < -0.3 is 39.4 Å². The van der Waals surface area contributed by atoms with Gasteiger partial charge in [-0.05, 0) is 43.3 Å². The van der Waals surface area contributed by atoms with Crippen molar-refractivity contribution in [3.05, 3.63) is 60.2 Å². The Labute approximate surface area is 229 Å². The number of aliphatic hydroxyl groups is 3. The Morgan fingerprint density at radius 2 is 1.62 bits per heavy atom. The Bertz CT molecular complexity index is 1210. The highest BCUT2D eigenvalue weighted by Crippen LogP contribution is 2.45. The molecule has 0 spiro atoms. The molecule has 40 heavy (non-hydrogen) atoms. The standard InChI is InChI=1S/C25H31N2O12P/c1-14(23(31)38-24(32)16-7-5-4-6-8-16)27-40(34,39-18-11-9-17(35-3)10-12-18)36-13-19-21(29)22(30)20(25(33)37-19)26-15(2)28/h4-12,14,19-22,25,29-30,33H,13H2,1-3H3,(H,26,28)(H,27,34)/t14-,19?,20+,21-,22+,25?,40?/m0/s1. The van der Waals surface area contributed by atoms with Gasteiger partial charge in [0, 0.05) is 6.92 Å². The molecule has 1 aliphatic heterocycles. The summed E-state index contributed by atoms with van der Waals surface area (Å²) in [7, 11) is -3.04. The number of aliphatic hydroxyl groups excluding tert-OH is 3. The van der Waals surface area contributed by atoms with Gasteiger partial charge in [0.05, 0.1) is 19.3 Å². The minimum Gasteiger partial charge on any atom is -0.497 e. The monoisotopic (exact) mass is 582 g/mol. The summed E-state index contributed by atoms with van der Waals surface area (Å²) < 4.78 is 39.9.